The van der Waals surface area contributed by atoms with E-state index in [4.69, 9.17) is 9.47 Å². The SMILES string of the molecule is CCN(CC)c1ccc(N=Nc2ccc(-c3ccc(N=Nc4ccc(N(CC)CC)cc4O)c(OC)c3)cc2OC)c(O)c1. The van der Waals surface area contributed by atoms with Crippen molar-refractivity contribution in [1.29, 1.82) is 0 Å². The zero-order chi connectivity index (χ0) is 31.6. The molecular weight excluding hydrogens is 556 g/mol. The van der Waals surface area contributed by atoms with Gasteiger partial charge in [0.1, 0.15) is 45.7 Å². The van der Waals surface area contributed by atoms with Gasteiger partial charge in [-0.2, -0.15) is 0 Å². The van der Waals surface area contributed by atoms with Crippen molar-refractivity contribution in [3.63, 3.8) is 0 Å². The lowest BCUT2D eigenvalue weighted by atomic mass is 10.0. The Kier molecular flexibility index (Phi) is 10.7. The predicted molar refractivity (Wildman–Crippen MR) is 177 cm³/mol. The second kappa shape index (κ2) is 14.9. The van der Waals surface area contributed by atoms with Crippen molar-refractivity contribution in [3.05, 3.63) is 72.8 Å². The number of ether oxygens (including phenoxy) is 2. The van der Waals surface area contributed by atoms with E-state index in [2.05, 4.69) is 58.0 Å². The molecule has 0 aliphatic heterocycles. The van der Waals surface area contributed by atoms with Crippen molar-refractivity contribution in [2.24, 2.45) is 20.5 Å². The van der Waals surface area contributed by atoms with Crippen molar-refractivity contribution in [2.75, 3.05) is 50.2 Å². The summed E-state index contributed by atoms with van der Waals surface area (Å²) in [6.45, 7) is 11.7. The van der Waals surface area contributed by atoms with Crippen molar-refractivity contribution in [2.45, 2.75) is 27.7 Å². The van der Waals surface area contributed by atoms with Gasteiger partial charge in [0, 0.05) is 49.7 Å². The number of phenolic OH excluding ortho intramolecular Hbond substituents is 2. The van der Waals surface area contributed by atoms with Gasteiger partial charge in [-0.3, -0.25) is 0 Å². The van der Waals surface area contributed by atoms with E-state index < -0.39 is 0 Å². The summed E-state index contributed by atoms with van der Waals surface area (Å²) < 4.78 is 11.2. The van der Waals surface area contributed by atoms with Crippen LogP contribution in [-0.2, 0) is 0 Å². The monoisotopic (exact) mass is 596 g/mol. The third-order valence-corrected chi connectivity index (χ3v) is 7.40. The molecule has 0 aliphatic rings. The summed E-state index contributed by atoms with van der Waals surface area (Å²) >= 11 is 0. The molecule has 0 saturated carbocycles. The standard InChI is InChI=1S/C34H40N6O4/c1-7-39(8-2)25-13-17-27(31(41)21-25)35-37-29-15-11-23(19-33(29)43-5)24-12-16-30(34(20-24)44-6)38-36-28-18-14-26(22-32(28)42)40(9-3)10-4/h11-22,41-42H,7-10H2,1-6H3. The van der Waals surface area contributed by atoms with Crippen molar-refractivity contribution >= 4 is 34.1 Å². The first kappa shape index (κ1) is 31.8. The Bertz CT molecular complexity index is 1510. The Morgan fingerprint density at radius 3 is 1.16 bits per heavy atom. The minimum atomic E-state index is 0.0601. The van der Waals surface area contributed by atoms with Crippen LogP contribution in [0.1, 0.15) is 27.7 Å². The average molecular weight is 597 g/mol. The Labute approximate surface area is 258 Å². The Morgan fingerprint density at radius 1 is 0.500 bits per heavy atom. The van der Waals surface area contributed by atoms with Gasteiger partial charge in [0.25, 0.3) is 0 Å². The molecule has 0 radical (unpaired) electrons. The van der Waals surface area contributed by atoms with Crippen LogP contribution in [0.2, 0.25) is 0 Å². The molecule has 0 heterocycles. The van der Waals surface area contributed by atoms with Crippen LogP contribution in [0, 0.1) is 0 Å². The zero-order valence-corrected chi connectivity index (χ0v) is 26.2. The topological polar surface area (TPSA) is 115 Å². The Morgan fingerprint density at radius 2 is 0.841 bits per heavy atom. The molecule has 0 amide bonds. The second-order valence-corrected chi connectivity index (χ2v) is 9.86. The van der Waals surface area contributed by atoms with Crippen LogP contribution < -0.4 is 19.3 Å². The second-order valence-electron chi connectivity index (χ2n) is 9.86. The highest BCUT2D eigenvalue weighted by atomic mass is 16.5. The molecule has 230 valence electrons. The molecule has 0 aromatic heterocycles. The molecule has 2 N–H and O–H groups in total. The molecule has 10 heteroatoms. The Hall–Kier alpha value is -5.12. The normalized spacial score (nSPS) is 11.3. The number of hydrogen-bond acceptors (Lipinski definition) is 10. The molecule has 4 rings (SSSR count). The zero-order valence-electron chi connectivity index (χ0n) is 26.2. The molecule has 0 atom stereocenters. The number of azo groups is 2. The van der Waals surface area contributed by atoms with E-state index in [0.29, 0.717) is 34.2 Å². The fourth-order valence-electron chi connectivity index (χ4n) is 4.86. The van der Waals surface area contributed by atoms with Crippen molar-refractivity contribution in [3.8, 4) is 34.1 Å². The van der Waals surface area contributed by atoms with Gasteiger partial charge >= 0.3 is 0 Å². The summed E-state index contributed by atoms with van der Waals surface area (Å²) in [5, 5.41) is 38.2. The van der Waals surface area contributed by atoms with E-state index in [-0.39, 0.29) is 11.5 Å². The molecule has 44 heavy (non-hydrogen) atoms. The minimum Gasteiger partial charge on any atom is -0.506 e. The van der Waals surface area contributed by atoms with E-state index in [1.807, 2.05) is 48.5 Å². The summed E-state index contributed by atoms with van der Waals surface area (Å²) in [5.41, 5.74) is 5.39. The molecule has 10 nitrogen and oxygen atoms in total. The molecule has 0 unspecified atom stereocenters. The summed E-state index contributed by atoms with van der Waals surface area (Å²) in [6, 6.07) is 21.9. The molecular formula is C34H40N6O4. The van der Waals surface area contributed by atoms with Crippen LogP contribution in [0.3, 0.4) is 0 Å². The number of benzene rings is 4. The smallest absolute Gasteiger partial charge is 0.146 e. The molecule has 0 spiro atoms. The molecule has 0 saturated heterocycles. The number of methoxy groups -OCH3 is 2. The van der Waals surface area contributed by atoms with Gasteiger partial charge in [0.05, 0.1) is 14.2 Å². The van der Waals surface area contributed by atoms with Crippen molar-refractivity contribution in [1.82, 2.24) is 0 Å². The predicted octanol–water partition coefficient (Wildman–Crippen LogP) is 9.31. The largest absolute Gasteiger partial charge is 0.506 e. The van der Waals surface area contributed by atoms with Crippen LogP contribution >= 0.6 is 0 Å². The molecule has 4 aromatic rings. The number of rotatable bonds is 13. The first-order valence-corrected chi connectivity index (χ1v) is 14.7. The lowest BCUT2D eigenvalue weighted by Crippen LogP contribution is -2.21. The van der Waals surface area contributed by atoms with Gasteiger partial charge in [0.15, 0.2) is 0 Å². The van der Waals surface area contributed by atoms with Gasteiger partial charge in [-0.1, -0.05) is 12.1 Å². The van der Waals surface area contributed by atoms with Crippen LogP contribution in [0.4, 0.5) is 34.1 Å². The van der Waals surface area contributed by atoms with Crippen LogP contribution in [-0.4, -0.2) is 50.6 Å². The number of hydrogen-bond donors (Lipinski definition) is 2. The van der Waals surface area contributed by atoms with Gasteiger partial charge in [-0.05, 0) is 87.4 Å². The quantitative estimate of drug-likeness (QED) is 0.149. The first-order valence-electron chi connectivity index (χ1n) is 14.7. The van der Waals surface area contributed by atoms with Crippen molar-refractivity contribution < 1.29 is 19.7 Å². The Balaban J connectivity index is 1.55. The fourth-order valence-corrected chi connectivity index (χ4v) is 4.86. The van der Waals surface area contributed by atoms with Gasteiger partial charge in [-0.15, -0.1) is 20.5 Å². The van der Waals surface area contributed by atoms with E-state index in [9.17, 15) is 10.2 Å². The number of phenols is 2. The first-order chi connectivity index (χ1) is 21.3. The van der Waals surface area contributed by atoms with E-state index in [1.54, 1.807) is 38.5 Å². The number of anilines is 2. The maximum absolute atomic E-state index is 10.5. The van der Waals surface area contributed by atoms with E-state index >= 15 is 0 Å². The maximum Gasteiger partial charge on any atom is 0.146 e. The minimum absolute atomic E-state index is 0.0601. The summed E-state index contributed by atoms with van der Waals surface area (Å²) in [5.74, 6) is 1.17. The summed E-state index contributed by atoms with van der Waals surface area (Å²) in [6.07, 6.45) is 0. The van der Waals surface area contributed by atoms with Crippen LogP contribution in [0.5, 0.6) is 23.0 Å². The van der Waals surface area contributed by atoms with E-state index in [1.165, 1.54) is 0 Å². The number of nitrogens with zero attached hydrogens (tertiary/aromatic N) is 6. The lowest BCUT2D eigenvalue weighted by molar-refractivity contribution is 0.415. The van der Waals surface area contributed by atoms with Crippen LogP contribution in [0.15, 0.2) is 93.3 Å². The summed E-state index contributed by atoms with van der Waals surface area (Å²) in [7, 11) is 3.14. The molecule has 0 fully saturated rings. The highest BCUT2D eigenvalue weighted by Gasteiger charge is 2.12. The van der Waals surface area contributed by atoms with E-state index in [0.717, 1.165) is 48.7 Å². The highest BCUT2D eigenvalue weighted by Crippen LogP contribution is 2.40. The fraction of sp³-hybridized carbons (Fsp3) is 0.294. The third-order valence-electron chi connectivity index (χ3n) is 7.40. The maximum atomic E-state index is 10.5. The summed E-state index contributed by atoms with van der Waals surface area (Å²) in [4.78, 5) is 4.28. The lowest BCUT2D eigenvalue weighted by Gasteiger charge is -2.21. The van der Waals surface area contributed by atoms with Crippen LogP contribution in [0.25, 0.3) is 11.1 Å². The number of aromatic hydroxyl groups is 2. The van der Waals surface area contributed by atoms with Gasteiger partial charge in [-0.25, -0.2) is 0 Å². The average Bonchev–Trinajstić information content (AvgIpc) is 3.05. The highest BCUT2D eigenvalue weighted by molar-refractivity contribution is 5.73. The third kappa shape index (κ3) is 7.26. The molecule has 0 aliphatic carbocycles. The molecule has 4 aromatic carbocycles. The van der Waals surface area contributed by atoms with Gasteiger partial charge in [0.2, 0.25) is 0 Å². The van der Waals surface area contributed by atoms with Gasteiger partial charge < -0.3 is 29.5 Å². The molecule has 0 bridgehead atoms.